The summed E-state index contributed by atoms with van der Waals surface area (Å²) in [6, 6.07) is 17.7. The van der Waals surface area contributed by atoms with Crippen LogP contribution in [0.4, 0.5) is 11.4 Å². The van der Waals surface area contributed by atoms with Crippen LogP contribution in [0.5, 0.6) is 11.5 Å². The van der Waals surface area contributed by atoms with Gasteiger partial charge in [-0.2, -0.15) is 0 Å². The Morgan fingerprint density at radius 1 is 0.964 bits per heavy atom. The first-order chi connectivity index (χ1) is 13.6. The van der Waals surface area contributed by atoms with Crippen molar-refractivity contribution in [3.63, 3.8) is 0 Å². The molecule has 0 aliphatic carbocycles. The van der Waals surface area contributed by atoms with Crippen molar-refractivity contribution in [2.45, 2.75) is 4.90 Å². The second-order valence-electron chi connectivity index (χ2n) is 5.64. The topological polar surface area (TPSA) is 120 Å². The highest BCUT2D eigenvalue weighted by Crippen LogP contribution is 2.26. The number of nitrogens with zero attached hydrogens (tertiary/aromatic N) is 3. The molecule has 4 aromatic rings. The molecular formula is C18H12N4O5S. The molecule has 0 fully saturated rings. The first-order valence-corrected chi connectivity index (χ1v) is 9.17. The van der Waals surface area contributed by atoms with E-state index in [-0.39, 0.29) is 5.69 Å². The fourth-order valence-electron chi connectivity index (χ4n) is 2.46. The molecule has 1 unspecified atom stereocenters. The highest BCUT2D eigenvalue weighted by molar-refractivity contribution is 7.86. The fourth-order valence-corrected chi connectivity index (χ4v) is 3.44. The van der Waals surface area contributed by atoms with Crippen molar-refractivity contribution in [1.29, 1.82) is 0 Å². The van der Waals surface area contributed by atoms with Gasteiger partial charge in [-0.1, -0.05) is 6.07 Å². The Morgan fingerprint density at radius 3 is 2.32 bits per heavy atom. The van der Waals surface area contributed by atoms with Crippen LogP contribution in [0.25, 0.3) is 11.0 Å². The van der Waals surface area contributed by atoms with E-state index in [1.165, 1.54) is 24.3 Å². The number of nitro groups is 1. The van der Waals surface area contributed by atoms with Crippen LogP contribution in [0.15, 0.2) is 76.3 Å². The van der Waals surface area contributed by atoms with E-state index in [1.54, 1.807) is 42.5 Å². The summed E-state index contributed by atoms with van der Waals surface area (Å²) in [5.74, 6) is 1.01. The standard InChI is InChI=1S/C18H12N4O5S/c23-22(24)13-6-10-15(11-7-13)26-14-8-4-12(5-9-14)21-28(25)17-3-1-2-16-18(17)20-27-19-16/h1-11,21H. The molecule has 0 spiro atoms. The maximum atomic E-state index is 12.6. The number of aromatic nitrogens is 2. The van der Waals surface area contributed by atoms with Crippen LogP contribution in [0.2, 0.25) is 0 Å². The zero-order valence-corrected chi connectivity index (χ0v) is 15.0. The normalized spacial score (nSPS) is 11.9. The number of fused-ring (bicyclic) bond motifs is 1. The van der Waals surface area contributed by atoms with Crippen molar-refractivity contribution < 1.29 is 18.5 Å². The molecule has 0 radical (unpaired) electrons. The fraction of sp³-hybridized carbons (Fsp3) is 0. The molecule has 3 aromatic carbocycles. The molecular weight excluding hydrogens is 384 g/mol. The number of hydrogen-bond donors (Lipinski definition) is 1. The SMILES string of the molecule is O=[N+]([O-])c1ccc(Oc2ccc(NS(=O)c3cccc4nonc34)cc2)cc1. The van der Waals surface area contributed by atoms with Crippen LogP contribution >= 0.6 is 0 Å². The van der Waals surface area contributed by atoms with Gasteiger partial charge in [-0.25, -0.2) is 8.84 Å². The number of rotatable bonds is 6. The van der Waals surface area contributed by atoms with E-state index in [4.69, 9.17) is 4.74 Å². The van der Waals surface area contributed by atoms with Crippen LogP contribution < -0.4 is 9.46 Å². The van der Waals surface area contributed by atoms with Gasteiger partial charge >= 0.3 is 0 Å². The predicted octanol–water partition coefficient (Wildman–Crippen LogP) is 4.06. The number of hydrogen-bond acceptors (Lipinski definition) is 7. The Labute approximate surface area is 160 Å². The molecule has 0 aliphatic heterocycles. The lowest BCUT2D eigenvalue weighted by Crippen LogP contribution is -2.05. The maximum Gasteiger partial charge on any atom is 0.269 e. The Hall–Kier alpha value is -3.79. The molecule has 140 valence electrons. The summed E-state index contributed by atoms with van der Waals surface area (Å²) in [7, 11) is -1.56. The van der Waals surface area contributed by atoms with Gasteiger partial charge in [0.25, 0.3) is 5.69 Å². The summed E-state index contributed by atoms with van der Waals surface area (Å²) in [5, 5.41) is 18.2. The minimum atomic E-state index is -1.56. The molecule has 1 aromatic heterocycles. The van der Waals surface area contributed by atoms with Gasteiger partial charge in [-0.05, 0) is 58.8 Å². The van der Waals surface area contributed by atoms with Crippen molar-refractivity contribution in [2.75, 3.05) is 4.72 Å². The molecule has 10 heteroatoms. The van der Waals surface area contributed by atoms with Crippen LogP contribution in [0, 0.1) is 10.1 Å². The van der Waals surface area contributed by atoms with Gasteiger partial charge in [0.1, 0.15) is 17.0 Å². The number of nitro benzene ring substituents is 1. The van der Waals surface area contributed by atoms with Crippen LogP contribution in [-0.4, -0.2) is 19.4 Å². The first-order valence-electron chi connectivity index (χ1n) is 8.02. The third-order valence-electron chi connectivity index (χ3n) is 3.80. The van der Waals surface area contributed by atoms with E-state index < -0.39 is 15.9 Å². The lowest BCUT2D eigenvalue weighted by molar-refractivity contribution is -0.384. The average molecular weight is 396 g/mol. The Bertz CT molecular complexity index is 1160. The van der Waals surface area contributed by atoms with E-state index in [0.717, 1.165) is 0 Å². The van der Waals surface area contributed by atoms with Crippen molar-refractivity contribution in [3.05, 3.63) is 76.8 Å². The minimum absolute atomic E-state index is 0.00768. The number of benzene rings is 3. The van der Waals surface area contributed by atoms with Gasteiger partial charge in [-0.15, -0.1) is 0 Å². The van der Waals surface area contributed by atoms with Crippen LogP contribution in [-0.2, 0) is 11.0 Å². The van der Waals surface area contributed by atoms with Crippen LogP contribution in [0.3, 0.4) is 0 Å². The van der Waals surface area contributed by atoms with Crippen molar-refractivity contribution >= 4 is 33.4 Å². The minimum Gasteiger partial charge on any atom is -0.457 e. The van der Waals surface area contributed by atoms with E-state index >= 15 is 0 Å². The Morgan fingerprint density at radius 2 is 1.64 bits per heavy atom. The van der Waals surface area contributed by atoms with Gasteiger partial charge in [-0.3, -0.25) is 10.1 Å². The zero-order valence-electron chi connectivity index (χ0n) is 14.1. The van der Waals surface area contributed by atoms with Crippen molar-refractivity contribution in [1.82, 2.24) is 10.3 Å². The molecule has 1 atom stereocenters. The van der Waals surface area contributed by atoms with E-state index in [2.05, 4.69) is 19.7 Å². The third kappa shape index (κ3) is 3.67. The number of anilines is 1. The highest BCUT2D eigenvalue weighted by Gasteiger charge is 2.13. The van der Waals surface area contributed by atoms with Gasteiger partial charge in [0, 0.05) is 17.8 Å². The molecule has 0 bridgehead atoms. The molecule has 0 aliphatic rings. The molecule has 0 saturated heterocycles. The molecule has 0 saturated carbocycles. The molecule has 1 heterocycles. The van der Waals surface area contributed by atoms with Gasteiger partial charge in [0.15, 0.2) is 16.5 Å². The molecule has 0 amide bonds. The number of nitrogens with one attached hydrogen (secondary N) is 1. The summed E-state index contributed by atoms with van der Waals surface area (Å²) in [6.07, 6.45) is 0. The smallest absolute Gasteiger partial charge is 0.269 e. The lowest BCUT2D eigenvalue weighted by Gasteiger charge is -2.08. The third-order valence-corrected chi connectivity index (χ3v) is 4.95. The van der Waals surface area contributed by atoms with Crippen LogP contribution in [0.1, 0.15) is 0 Å². The first kappa shape index (κ1) is 17.6. The van der Waals surface area contributed by atoms with Gasteiger partial charge in [0.2, 0.25) is 0 Å². The second-order valence-corrected chi connectivity index (χ2v) is 6.82. The average Bonchev–Trinajstić information content (AvgIpc) is 3.18. The maximum absolute atomic E-state index is 12.6. The highest BCUT2D eigenvalue weighted by atomic mass is 32.2. The van der Waals surface area contributed by atoms with Crippen molar-refractivity contribution in [3.8, 4) is 11.5 Å². The predicted molar refractivity (Wildman–Crippen MR) is 101 cm³/mol. The number of ether oxygens (including phenoxy) is 1. The summed E-state index contributed by atoms with van der Waals surface area (Å²) in [6.45, 7) is 0. The van der Waals surface area contributed by atoms with Crippen molar-refractivity contribution in [2.24, 2.45) is 0 Å². The molecule has 9 nitrogen and oxygen atoms in total. The lowest BCUT2D eigenvalue weighted by atomic mass is 10.3. The van der Waals surface area contributed by atoms with E-state index in [0.29, 0.717) is 33.1 Å². The van der Waals surface area contributed by atoms with E-state index in [9.17, 15) is 14.3 Å². The monoisotopic (exact) mass is 396 g/mol. The summed E-state index contributed by atoms with van der Waals surface area (Å²) < 4.78 is 25.8. The Kier molecular flexibility index (Phi) is 4.68. The summed E-state index contributed by atoms with van der Waals surface area (Å²) in [4.78, 5) is 10.7. The largest absolute Gasteiger partial charge is 0.457 e. The zero-order chi connectivity index (χ0) is 19.5. The van der Waals surface area contributed by atoms with E-state index in [1.807, 2.05) is 0 Å². The molecule has 28 heavy (non-hydrogen) atoms. The summed E-state index contributed by atoms with van der Waals surface area (Å²) >= 11 is 0. The van der Waals surface area contributed by atoms with Gasteiger partial charge in [0.05, 0.1) is 9.82 Å². The number of non-ortho nitro benzene ring substituents is 1. The summed E-state index contributed by atoms with van der Waals surface area (Å²) in [5.41, 5.74) is 1.57. The quantitative estimate of drug-likeness (QED) is 0.385. The molecule has 4 rings (SSSR count). The molecule has 1 N–H and O–H groups in total. The second kappa shape index (κ2) is 7.45. The van der Waals surface area contributed by atoms with Gasteiger partial charge < -0.3 is 9.46 Å². The Balaban J connectivity index is 1.45.